The van der Waals surface area contributed by atoms with Crippen LogP contribution >= 0.6 is 11.6 Å². The zero-order valence-corrected chi connectivity index (χ0v) is 14.4. The third-order valence-corrected chi connectivity index (χ3v) is 3.74. The first-order valence-corrected chi connectivity index (χ1v) is 7.92. The molecule has 1 heterocycles. The highest BCUT2D eigenvalue weighted by molar-refractivity contribution is 6.33. The van der Waals surface area contributed by atoms with Crippen LogP contribution in [0.1, 0.15) is 10.4 Å². The second kappa shape index (κ2) is 7.79. The number of methoxy groups -OCH3 is 1. The number of carbonyl (C=O) groups excluding carboxylic acids is 1. The fraction of sp³-hybridized carbons (Fsp3) is 0.0556. The molecule has 0 aliphatic heterocycles. The molecule has 132 valence electrons. The Morgan fingerprint density at radius 3 is 2.58 bits per heavy atom. The van der Waals surface area contributed by atoms with Gasteiger partial charge in [-0.15, -0.1) is 0 Å². The minimum Gasteiger partial charge on any atom is -0.465 e. The van der Waals surface area contributed by atoms with Crippen molar-refractivity contribution < 1.29 is 13.9 Å². The van der Waals surface area contributed by atoms with E-state index >= 15 is 0 Å². The van der Waals surface area contributed by atoms with Gasteiger partial charge < -0.3 is 15.4 Å². The Labute approximate surface area is 154 Å². The van der Waals surface area contributed by atoms with E-state index in [1.807, 2.05) is 0 Å². The number of esters is 1. The largest absolute Gasteiger partial charge is 0.465 e. The van der Waals surface area contributed by atoms with Gasteiger partial charge in [0.1, 0.15) is 23.8 Å². The Bertz CT molecular complexity index is 952. The van der Waals surface area contributed by atoms with Gasteiger partial charge in [0.25, 0.3) is 0 Å². The quantitative estimate of drug-likeness (QED) is 0.640. The van der Waals surface area contributed by atoms with Gasteiger partial charge in [-0.2, -0.15) is 0 Å². The number of hydrogen-bond acceptors (Lipinski definition) is 6. The zero-order valence-electron chi connectivity index (χ0n) is 13.7. The molecule has 0 radical (unpaired) electrons. The molecule has 6 nitrogen and oxygen atoms in total. The standard InChI is InChI=1S/C18H14ClFN4O2/c1-26-18(25)11-5-6-14(19)15(7-11)24-17-9-16(21-10-22-17)23-13-4-2-3-12(20)8-13/h2-10H,1H3,(H2,21,22,23,24). The average Bonchev–Trinajstić information content (AvgIpc) is 2.63. The Balaban J connectivity index is 1.82. The summed E-state index contributed by atoms with van der Waals surface area (Å²) in [5, 5.41) is 6.42. The van der Waals surface area contributed by atoms with Gasteiger partial charge in [-0.1, -0.05) is 17.7 Å². The molecule has 0 unspecified atom stereocenters. The predicted molar refractivity (Wildman–Crippen MR) is 97.8 cm³/mol. The molecule has 1 aromatic heterocycles. The number of nitrogens with zero attached hydrogens (tertiary/aromatic N) is 2. The highest BCUT2D eigenvalue weighted by atomic mass is 35.5. The number of rotatable bonds is 5. The molecule has 8 heteroatoms. The van der Waals surface area contributed by atoms with Gasteiger partial charge >= 0.3 is 5.97 Å². The summed E-state index contributed by atoms with van der Waals surface area (Å²) in [4.78, 5) is 19.9. The highest BCUT2D eigenvalue weighted by Crippen LogP contribution is 2.27. The van der Waals surface area contributed by atoms with Crippen molar-refractivity contribution in [2.75, 3.05) is 17.7 Å². The van der Waals surface area contributed by atoms with Crippen LogP contribution in [0.15, 0.2) is 54.9 Å². The molecule has 0 saturated heterocycles. The molecule has 0 spiro atoms. The third-order valence-electron chi connectivity index (χ3n) is 3.41. The van der Waals surface area contributed by atoms with Crippen LogP contribution in [0, 0.1) is 5.82 Å². The van der Waals surface area contributed by atoms with Crippen molar-refractivity contribution in [1.29, 1.82) is 0 Å². The van der Waals surface area contributed by atoms with E-state index in [1.165, 1.54) is 25.6 Å². The fourth-order valence-electron chi connectivity index (χ4n) is 2.21. The van der Waals surface area contributed by atoms with Crippen molar-refractivity contribution in [3.05, 3.63) is 71.3 Å². The summed E-state index contributed by atoms with van der Waals surface area (Å²) in [6.07, 6.45) is 1.35. The van der Waals surface area contributed by atoms with Crippen LogP contribution in [-0.2, 0) is 4.74 Å². The van der Waals surface area contributed by atoms with E-state index in [0.29, 0.717) is 33.6 Å². The lowest BCUT2D eigenvalue weighted by Crippen LogP contribution is -2.03. The van der Waals surface area contributed by atoms with E-state index in [9.17, 15) is 9.18 Å². The van der Waals surface area contributed by atoms with E-state index in [1.54, 1.807) is 36.4 Å². The van der Waals surface area contributed by atoms with Crippen LogP contribution in [0.4, 0.5) is 27.4 Å². The van der Waals surface area contributed by atoms with Crippen molar-refractivity contribution in [3.8, 4) is 0 Å². The minimum atomic E-state index is -0.471. The molecule has 2 aromatic carbocycles. The van der Waals surface area contributed by atoms with E-state index in [2.05, 4.69) is 20.6 Å². The number of benzene rings is 2. The number of nitrogens with one attached hydrogen (secondary N) is 2. The van der Waals surface area contributed by atoms with Gasteiger partial charge in [0.2, 0.25) is 0 Å². The Morgan fingerprint density at radius 2 is 1.85 bits per heavy atom. The Morgan fingerprint density at radius 1 is 1.08 bits per heavy atom. The van der Waals surface area contributed by atoms with Crippen LogP contribution in [0.25, 0.3) is 0 Å². The smallest absolute Gasteiger partial charge is 0.337 e. The molecule has 3 aromatic rings. The maximum absolute atomic E-state index is 13.3. The second-order valence-electron chi connectivity index (χ2n) is 5.24. The van der Waals surface area contributed by atoms with E-state index in [0.717, 1.165) is 0 Å². The number of carbonyl (C=O) groups is 1. The number of anilines is 4. The highest BCUT2D eigenvalue weighted by Gasteiger charge is 2.10. The lowest BCUT2D eigenvalue weighted by atomic mass is 10.2. The van der Waals surface area contributed by atoms with Gasteiger partial charge in [0, 0.05) is 11.8 Å². The first-order chi connectivity index (χ1) is 12.5. The minimum absolute atomic E-state index is 0.353. The first-order valence-electron chi connectivity index (χ1n) is 7.54. The first kappa shape index (κ1) is 17.6. The molecule has 0 saturated carbocycles. The van der Waals surface area contributed by atoms with Crippen molar-refractivity contribution in [2.45, 2.75) is 0 Å². The number of hydrogen-bond donors (Lipinski definition) is 2. The van der Waals surface area contributed by atoms with Crippen LogP contribution in [0.5, 0.6) is 0 Å². The monoisotopic (exact) mass is 372 g/mol. The van der Waals surface area contributed by atoms with E-state index in [4.69, 9.17) is 16.3 Å². The lowest BCUT2D eigenvalue weighted by molar-refractivity contribution is 0.0601. The van der Waals surface area contributed by atoms with Gasteiger partial charge in [0.15, 0.2) is 0 Å². The number of ether oxygens (including phenoxy) is 1. The molecule has 3 rings (SSSR count). The Kier molecular flexibility index (Phi) is 5.28. The Hall–Kier alpha value is -3.19. The normalized spacial score (nSPS) is 10.3. The average molecular weight is 373 g/mol. The van der Waals surface area contributed by atoms with E-state index in [-0.39, 0.29) is 5.82 Å². The molecular weight excluding hydrogens is 359 g/mol. The molecule has 26 heavy (non-hydrogen) atoms. The molecular formula is C18H14ClFN4O2. The molecule has 0 amide bonds. The molecule has 0 atom stereocenters. The lowest BCUT2D eigenvalue weighted by Gasteiger charge is -2.11. The van der Waals surface area contributed by atoms with Crippen molar-refractivity contribution >= 4 is 40.6 Å². The van der Waals surface area contributed by atoms with Gasteiger partial charge in [-0.3, -0.25) is 0 Å². The zero-order chi connectivity index (χ0) is 18.5. The number of halogens is 2. The molecule has 0 aliphatic carbocycles. The maximum Gasteiger partial charge on any atom is 0.337 e. The van der Waals surface area contributed by atoms with Crippen molar-refractivity contribution in [1.82, 2.24) is 9.97 Å². The van der Waals surface area contributed by atoms with Gasteiger partial charge in [0.05, 0.1) is 23.4 Å². The van der Waals surface area contributed by atoms with Crippen LogP contribution < -0.4 is 10.6 Å². The maximum atomic E-state index is 13.3. The van der Waals surface area contributed by atoms with E-state index < -0.39 is 5.97 Å². The van der Waals surface area contributed by atoms with Crippen LogP contribution in [0.3, 0.4) is 0 Å². The summed E-state index contributed by atoms with van der Waals surface area (Å²) in [5.41, 5.74) is 1.40. The second-order valence-corrected chi connectivity index (χ2v) is 5.64. The summed E-state index contributed by atoms with van der Waals surface area (Å²) < 4.78 is 18.0. The third kappa shape index (κ3) is 4.25. The summed E-state index contributed by atoms with van der Waals surface area (Å²) in [7, 11) is 1.30. The summed E-state index contributed by atoms with van der Waals surface area (Å²) in [6.45, 7) is 0. The van der Waals surface area contributed by atoms with Gasteiger partial charge in [-0.25, -0.2) is 19.2 Å². The molecule has 0 fully saturated rings. The fourth-order valence-corrected chi connectivity index (χ4v) is 2.38. The molecule has 0 bridgehead atoms. The number of aromatic nitrogens is 2. The molecule has 2 N–H and O–H groups in total. The summed E-state index contributed by atoms with van der Waals surface area (Å²) in [6, 6.07) is 12.4. The van der Waals surface area contributed by atoms with Crippen molar-refractivity contribution in [3.63, 3.8) is 0 Å². The van der Waals surface area contributed by atoms with Crippen LogP contribution in [0.2, 0.25) is 5.02 Å². The predicted octanol–water partition coefficient (Wildman–Crippen LogP) is 4.54. The topological polar surface area (TPSA) is 76.1 Å². The summed E-state index contributed by atoms with van der Waals surface area (Å²) in [5.74, 6) is 0.0887. The van der Waals surface area contributed by atoms with Gasteiger partial charge in [-0.05, 0) is 36.4 Å². The van der Waals surface area contributed by atoms with Crippen LogP contribution in [-0.4, -0.2) is 23.0 Å². The molecule has 0 aliphatic rings. The summed E-state index contributed by atoms with van der Waals surface area (Å²) >= 11 is 6.17. The van der Waals surface area contributed by atoms with Crippen molar-refractivity contribution in [2.24, 2.45) is 0 Å². The SMILES string of the molecule is COC(=O)c1ccc(Cl)c(Nc2cc(Nc3cccc(F)c3)ncn2)c1.